The van der Waals surface area contributed by atoms with Crippen molar-refractivity contribution in [3.63, 3.8) is 0 Å². The zero-order valence-corrected chi connectivity index (χ0v) is 15.9. The molecular weight excluding hydrogens is 364 g/mol. The lowest BCUT2D eigenvalue weighted by Crippen LogP contribution is -2.13. The van der Waals surface area contributed by atoms with E-state index >= 15 is 0 Å². The summed E-state index contributed by atoms with van der Waals surface area (Å²) in [5.41, 5.74) is 3.36. The maximum atomic E-state index is 12.8. The summed E-state index contributed by atoms with van der Waals surface area (Å²) in [6, 6.07) is 18.9. The number of nitrogens with one attached hydrogen (secondary N) is 2. The van der Waals surface area contributed by atoms with Crippen LogP contribution < -0.4 is 15.4 Å². The molecule has 2 aromatic carbocycles. The number of hydrogen-bond acceptors (Lipinski definition) is 5. The largest absolute Gasteiger partial charge is 0.492 e. The number of rotatable bonds is 6. The van der Waals surface area contributed by atoms with Crippen molar-refractivity contribution in [1.82, 2.24) is 9.97 Å². The standard InChI is InChI=1S/C23H20N4O2/c1-2-29-21-11-4-3-9-19(21)26-18-13-17(14-24-15-18)23(28)27-20-10-5-7-16-8-6-12-25-22(16)20/h3-15,26H,2H2,1H3,(H,27,28). The van der Waals surface area contributed by atoms with Gasteiger partial charge in [-0.25, -0.2) is 0 Å². The molecule has 2 heterocycles. The molecule has 0 fully saturated rings. The van der Waals surface area contributed by atoms with Crippen LogP contribution in [0.3, 0.4) is 0 Å². The van der Waals surface area contributed by atoms with Crippen LogP contribution >= 0.6 is 0 Å². The van der Waals surface area contributed by atoms with Crippen LogP contribution in [0.15, 0.2) is 79.3 Å². The van der Waals surface area contributed by atoms with Crippen LogP contribution in [0.5, 0.6) is 5.75 Å². The molecule has 6 nitrogen and oxygen atoms in total. The summed E-state index contributed by atoms with van der Waals surface area (Å²) in [4.78, 5) is 21.4. The molecule has 0 atom stereocenters. The topological polar surface area (TPSA) is 76.1 Å². The highest BCUT2D eigenvalue weighted by atomic mass is 16.5. The second-order valence-corrected chi connectivity index (χ2v) is 6.35. The first-order valence-corrected chi connectivity index (χ1v) is 9.33. The summed E-state index contributed by atoms with van der Waals surface area (Å²) in [6.07, 6.45) is 4.91. The van der Waals surface area contributed by atoms with Crippen molar-refractivity contribution < 1.29 is 9.53 Å². The van der Waals surface area contributed by atoms with Crippen molar-refractivity contribution in [3.05, 3.63) is 84.8 Å². The molecule has 0 saturated carbocycles. The van der Waals surface area contributed by atoms with Crippen LogP contribution in [0.1, 0.15) is 17.3 Å². The van der Waals surface area contributed by atoms with Crippen molar-refractivity contribution >= 4 is 33.9 Å². The second-order valence-electron chi connectivity index (χ2n) is 6.35. The maximum absolute atomic E-state index is 12.8. The lowest BCUT2D eigenvalue weighted by atomic mass is 10.1. The van der Waals surface area contributed by atoms with Gasteiger partial charge in [-0.15, -0.1) is 0 Å². The molecule has 0 saturated heterocycles. The molecule has 29 heavy (non-hydrogen) atoms. The molecule has 0 radical (unpaired) electrons. The maximum Gasteiger partial charge on any atom is 0.257 e. The number of anilines is 3. The Hall–Kier alpha value is -3.93. The minimum atomic E-state index is -0.252. The smallest absolute Gasteiger partial charge is 0.257 e. The Morgan fingerprint density at radius 1 is 1.00 bits per heavy atom. The Balaban J connectivity index is 1.56. The number of pyridine rings is 2. The molecule has 4 rings (SSSR count). The molecule has 0 spiro atoms. The first-order chi connectivity index (χ1) is 14.2. The monoisotopic (exact) mass is 384 g/mol. The van der Waals surface area contributed by atoms with Gasteiger partial charge in [0.15, 0.2) is 0 Å². The van der Waals surface area contributed by atoms with Crippen molar-refractivity contribution in [2.75, 3.05) is 17.2 Å². The van der Waals surface area contributed by atoms with E-state index in [4.69, 9.17) is 4.74 Å². The number of benzene rings is 2. The molecule has 6 heteroatoms. The van der Waals surface area contributed by atoms with Gasteiger partial charge in [-0.2, -0.15) is 0 Å². The molecule has 4 aromatic rings. The minimum Gasteiger partial charge on any atom is -0.492 e. The van der Waals surface area contributed by atoms with Gasteiger partial charge in [0, 0.05) is 17.8 Å². The summed E-state index contributed by atoms with van der Waals surface area (Å²) in [6.45, 7) is 2.50. The second kappa shape index (κ2) is 8.39. The highest BCUT2D eigenvalue weighted by Crippen LogP contribution is 2.27. The molecule has 2 aromatic heterocycles. The van der Waals surface area contributed by atoms with Gasteiger partial charge >= 0.3 is 0 Å². The Bertz CT molecular complexity index is 1150. The minimum absolute atomic E-state index is 0.252. The van der Waals surface area contributed by atoms with Crippen LogP contribution in [0, 0.1) is 0 Å². The molecule has 0 bridgehead atoms. The number of nitrogens with zero attached hydrogens (tertiary/aromatic N) is 2. The van der Waals surface area contributed by atoms with Gasteiger partial charge < -0.3 is 15.4 Å². The predicted molar refractivity (Wildman–Crippen MR) is 115 cm³/mol. The van der Waals surface area contributed by atoms with Crippen molar-refractivity contribution in [2.24, 2.45) is 0 Å². The number of hydrogen-bond donors (Lipinski definition) is 2. The fourth-order valence-electron chi connectivity index (χ4n) is 3.04. The van der Waals surface area contributed by atoms with E-state index in [1.165, 1.54) is 6.20 Å². The van der Waals surface area contributed by atoms with Crippen LogP contribution in [-0.4, -0.2) is 22.5 Å². The summed E-state index contributed by atoms with van der Waals surface area (Å²) in [5, 5.41) is 7.16. The van der Waals surface area contributed by atoms with Gasteiger partial charge in [0.1, 0.15) is 5.75 Å². The summed E-state index contributed by atoms with van der Waals surface area (Å²) in [7, 11) is 0. The number of para-hydroxylation sites is 3. The Kier molecular flexibility index (Phi) is 5.33. The number of fused-ring (bicyclic) bond motifs is 1. The molecule has 0 aliphatic heterocycles. The fourth-order valence-corrected chi connectivity index (χ4v) is 3.04. The third kappa shape index (κ3) is 4.16. The summed E-state index contributed by atoms with van der Waals surface area (Å²) in [5.74, 6) is 0.490. The van der Waals surface area contributed by atoms with Crippen molar-refractivity contribution in [3.8, 4) is 5.75 Å². The van der Waals surface area contributed by atoms with Gasteiger partial charge in [0.25, 0.3) is 5.91 Å². The molecule has 0 aliphatic carbocycles. The summed E-state index contributed by atoms with van der Waals surface area (Å²) < 4.78 is 5.64. The third-order valence-corrected chi connectivity index (χ3v) is 4.35. The van der Waals surface area contributed by atoms with E-state index in [1.807, 2.05) is 61.5 Å². The zero-order chi connectivity index (χ0) is 20.1. The number of ether oxygens (including phenoxy) is 1. The van der Waals surface area contributed by atoms with Gasteiger partial charge in [0.2, 0.25) is 0 Å². The first kappa shape index (κ1) is 18.4. The van der Waals surface area contributed by atoms with Crippen molar-refractivity contribution in [1.29, 1.82) is 0 Å². The molecular formula is C23H20N4O2. The van der Waals surface area contributed by atoms with Gasteiger partial charge in [-0.05, 0) is 37.3 Å². The Morgan fingerprint density at radius 3 is 2.72 bits per heavy atom. The Morgan fingerprint density at radius 2 is 1.83 bits per heavy atom. The molecule has 0 aliphatic rings. The van der Waals surface area contributed by atoms with E-state index in [0.717, 1.165) is 22.3 Å². The predicted octanol–water partition coefficient (Wildman–Crippen LogP) is 5.02. The Labute approximate surface area is 168 Å². The zero-order valence-electron chi connectivity index (χ0n) is 15.9. The van der Waals surface area contributed by atoms with E-state index < -0.39 is 0 Å². The van der Waals surface area contributed by atoms with Crippen LogP contribution in [-0.2, 0) is 0 Å². The first-order valence-electron chi connectivity index (χ1n) is 9.33. The number of amides is 1. The van der Waals surface area contributed by atoms with Crippen LogP contribution in [0.25, 0.3) is 10.9 Å². The number of carbonyl (C=O) groups excluding carboxylic acids is 1. The molecule has 2 N–H and O–H groups in total. The van der Waals surface area contributed by atoms with Gasteiger partial charge in [-0.3, -0.25) is 14.8 Å². The average molecular weight is 384 g/mol. The quantitative estimate of drug-likeness (QED) is 0.488. The van der Waals surface area contributed by atoms with Crippen LogP contribution in [0.4, 0.5) is 17.1 Å². The van der Waals surface area contributed by atoms with E-state index in [9.17, 15) is 4.79 Å². The average Bonchev–Trinajstić information content (AvgIpc) is 2.76. The molecule has 0 unspecified atom stereocenters. The molecule has 1 amide bonds. The molecule has 144 valence electrons. The van der Waals surface area contributed by atoms with Crippen LogP contribution in [0.2, 0.25) is 0 Å². The fraction of sp³-hybridized carbons (Fsp3) is 0.0870. The number of aromatic nitrogens is 2. The highest BCUT2D eigenvalue weighted by molar-refractivity contribution is 6.08. The van der Waals surface area contributed by atoms with E-state index in [-0.39, 0.29) is 5.91 Å². The lowest BCUT2D eigenvalue weighted by Gasteiger charge is -2.13. The van der Waals surface area contributed by atoms with E-state index in [0.29, 0.717) is 23.5 Å². The normalized spacial score (nSPS) is 10.5. The van der Waals surface area contributed by atoms with E-state index in [1.54, 1.807) is 18.5 Å². The SMILES string of the molecule is CCOc1ccccc1Nc1cncc(C(=O)Nc2cccc3cccnc23)c1. The van der Waals surface area contributed by atoms with E-state index in [2.05, 4.69) is 20.6 Å². The third-order valence-electron chi connectivity index (χ3n) is 4.35. The van der Waals surface area contributed by atoms with Crippen molar-refractivity contribution in [2.45, 2.75) is 6.92 Å². The number of carbonyl (C=O) groups is 1. The van der Waals surface area contributed by atoms with Gasteiger partial charge in [0.05, 0.1) is 40.9 Å². The summed E-state index contributed by atoms with van der Waals surface area (Å²) >= 11 is 0. The highest BCUT2D eigenvalue weighted by Gasteiger charge is 2.11. The van der Waals surface area contributed by atoms with Gasteiger partial charge in [-0.1, -0.05) is 30.3 Å². The lowest BCUT2D eigenvalue weighted by molar-refractivity contribution is 0.102.